The zero-order valence-corrected chi connectivity index (χ0v) is 14.5. The molecular formula is C18H16F3N5O2. The number of carbonyl (C=O) groups excluding carboxylic acids is 1. The third kappa shape index (κ3) is 5.44. The number of aromatic nitrogens is 1. The van der Waals surface area contributed by atoms with Crippen molar-refractivity contribution in [2.45, 2.75) is 18.8 Å². The minimum absolute atomic E-state index is 0.00476. The number of rotatable bonds is 7. The number of pyridine rings is 1. The van der Waals surface area contributed by atoms with Crippen LogP contribution >= 0.6 is 0 Å². The van der Waals surface area contributed by atoms with Gasteiger partial charge in [0.25, 0.3) is 11.9 Å². The van der Waals surface area contributed by atoms with E-state index < -0.39 is 30.1 Å². The fourth-order valence-electron chi connectivity index (χ4n) is 2.41. The van der Waals surface area contributed by atoms with E-state index in [2.05, 4.69) is 15.0 Å². The molecule has 4 N–H and O–H groups in total. The molecule has 28 heavy (non-hydrogen) atoms. The third-order valence-electron chi connectivity index (χ3n) is 3.77. The normalized spacial score (nSPS) is 11.5. The van der Waals surface area contributed by atoms with E-state index in [0.717, 1.165) is 12.1 Å². The van der Waals surface area contributed by atoms with E-state index in [0.29, 0.717) is 0 Å². The molecule has 146 valence electrons. The quantitative estimate of drug-likeness (QED) is 0.494. The molecule has 2 rings (SSSR count). The number of amides is 1. The SMILES string of the molecule is N#Cc1ccc(C(=O)Nc2ccc(F)c([C@@H](CCOC(=N)N)C(F)F)c2)nc1. The number of benzene rings is 1. The standard InChI is InChI=1S/C18H16F3N5O2/c19-14-3-2-11(26-17(27)15-4-1-10(8-22)9-25-15)7-13(14)12(16(20)21)5-6-28-18(23)24/h1-4,7,9,12,16H,5-6H2,(H3,23,24)(H,26,27)/t12-/m1/s1. The van der Waals surface area contributed by atoms with Gasteiger partial charge >= 0.3 is 0 Å². The molecular weight excluding hydrogens is 375 g/mol. The van der Waals surface area contributed by atoms with Gasteiger partial charge in [-0.25, -0.2) is 18.2 Å². The average Bonchev–Trinajstić information content (AvgIpc) is 2.66. The number of ether oxygens (including phenoxy) is 1. The Kier molecular flexibility index (Phi) is 6.92. The van der Waals surface area contributed by atoms with E-state index in [1.807, 2.05) is 6.07 Å². The lowest BCUT2D eigenvalue weighted by atomic mass is 9.95. The first-order chi connectivity index (χ1) is 13.3. The van der Waals surface area contributed by atoms with Crippen LogP contribution in [0.4, 0.5) is 18.9 Å². The second-order valence-corrected chi connectivity index (χ2v) is 5.68. The van der Waals surface area contributed by atoms with Gasteiger partial charge in [0.15, 0.2) is 0 Å². The summed E-state index contributed by atoms with van der Waals surface area (Å²) in [5, 5.41) is 18.1. The molecule has 1 atom stereocenters. The Balaban J connectivity index is 2.19. The summed E-state index contributed by atoms with van der Waals surface area (Å²) in [7, 11) is 0. The van der Waals surface area contributed by atoms with Crippen LogP contribution in [-0.2, 0) is 4.74 Å². The Morgan fingerprint density at radius 1 is 1.36 bits per heavy atom. The van der Waals surface area contributed by atoms with Gasteiger partial charge < -0.3 is 15.8 Å². The molecule has 0 saturated carbocycles. The van der Waals surface area contributed by atoms with Crippen molar-refractivity contribution in [2.75, 3.05) is 11.9 Å². The zero-order valence-electron chi connectivity index (χ0n) is 14.5. The molecule has 1 aromatic carbocycles. The number of halogens is 3. The molecule has 1 amide bonds. The molecule has 0 spiro atoms. The molecule has 0 bridgehead atoms. The van der Waals surface area contributed by atoms with Crippen LogP contribution in [0, 0.1) is 22.6 Å². The van der Waals surface area contributed by atoms with E-state index in [1.54, 1.807) is 0 Å². The zero-order chi connectivity index (χ0) is 20.7. The van der Waals surface area contributed by atoms with Crippen molar-refractivity contribution in [2.24, 2.45) is 5.73 Å². The highest BCUT2D eigenvalue weighted by Gasteiger charge is 2.26. The summed E-state index contributed by atoms with van der Waals surface area (Å²) < 4.78 is 45.6. The molecule has 10 heteroatoms. The van der Waals surface area contributed by atoms with Crippen molar-refractivity contribution >= 4 is 17.6 Å². The lowest BCUT2D eigenvalue weighted by molar-refractivity contribution is 0.0982. The van der Waals surface area contributed by atoms with Gasteiger partial charge in [-0.3, -0.25) is 10.2 Å². The maximum atomic E-state index is 14.1. The van der Waals surface area contributed by atoms with Crippen LogP contribution in [-0.4, -0.2) is 29.9 Å². The molecule has 2 aromatic rings. The first-order valence-electron chi connectivity index (χ1n) is 8.03. The van der Waals surface area contributed by atoms with Crippen LogP contribution in [0.15, 0.2) is 36.5 Å². The van der Waals surface area contributed by atoms with E-state index in [4.69, 9.17) is 16.4 Å². The lowest BCUT2D eigenvalue weighted by Crippen LogP contribution is -2.19. The summed E-state index contributed by atoms with van der Waals surface area (Å²) in [6.45, 7) is -0.282. The lowest BCUT2D eigenvalue weighted by Gasteiger charge is -2.18. The maximum absolute atomic E-state index is 14.1. The molecule has 0 aliphatic rings. The van der Waals surface area contributed by atoms with Gasteiger partial charge in [-0.2, -0.15) is 5.26 Å². The number of carbonyl (C=O) groups is 1. The minimum Gasteiger partial charge on any atom is -0.466 e. The second kappa shape index (κ2) is 9.36. The van der Waals surface area contributed by atoms with Crippen LogP contribution in [0.5, 0.6) is 0 Å². The summed E-state index contributed by atoms with van der Waals surface area (Å²) in [6, 6.07) is 7.29. The van der Waals surface area contributed by atoms with Crippen molar-refractivity contribution in [3.8, 4) is 6.07 Å². The van der Waals surface area contributed by atoms with Crippen LogP contribution in [0.2, 0.25) is 0 Å². The number of nitriles is 1. The van der Waals surface area contributed by atoms with Crippen LogP contribution in [0.25, 0.3) is 0 Å². The van der Waals surface area contributed by atoms with Gasteiger partial charge in [0.2, 0.25) is 6.43 Å². The van der Waals surface area contributed by atoms with Crippen LogP contribution < -0.4 is 11.1 Å². The Bertz CT molecular complexity index is 897. The van der Waals surface area contributed by atoms with Gasteiger partial charge in [-0.05, 0) is 42.3 Å². The average molecular weight is 391 g/mol. The predicted molar refractivity (Wildman–Crippen MR) is 94.5 cm³/mol. The number of anilines is 1. The van der Waals surface area contributed by atoms with Crippen molar-refractivity contribution in [3.05, 3.63) is 59.2 Å². The van der Waals surface area contributed by atoms with Gasteiger partial charge in [0, 0.05) is 11.9 Å². The minimum atomic E-state index is -2.89. The summed E-state index contributed by atoms with van der Waals surface area (Å²) in [5.41, 5.74) is 5.08. The third-order valence-corrected chi connectivity index (χ3v) is 3.77. The van der Waals surface area contributed by atoms with Gasteiger partial charge in [0.05, 0.1) is 18.1 Å². The van der Waals surface area contributed by atoms with Crippen molar-refractivity contribution in [1.29, 1.82) is 10.7 Å². The van der Waals surface area contributed by atoms with E-state index in [1.165, 1.54) is 24.4 Å². The van der Waals surface area contributed by atoms with E-state index in [9.17, 15) is 18.0 Å². The highest BCUT2D eigenvalue weighted by Crippen LogP contribution is 2.31. The Hall–Kier alpha value is -3.61. The molecule has 1 heterocycles. The first kappa shape index (κ1) is 20.7. The fourth-order valence-corrected chi connectivity index (χ4v) is 2.41. The topological polar surface area (TPSA) is 125 Å². The van der Waals surface area contributed by atoms with E-state index >= 15 is 0 Å². The number of nitrogens with one attached hydrogen (secondary N) is 2. The Morgan fingerprint density at radius 2 is 2.11 bits per heavy atom. The summed E-state index contributed by atoms with van der Waals surface area (Å²) >= 11 is 0. The number of nitrogens with zero attached hydrogens (tertiary/aromatic N) is 2. The fraction of sp³-hybridized carbons (Fsp3) is 0.222. The number of nitrogens with two attached hydrogens (primary N) is 1. The highest BCUT2D eigenvalue weighted by atomic mass is 19.3. The maximum Gasteiger partial charge on any atom is 0.278 e. The predicted octanol–water partition coefficient (Wildman–Crippen LogP) is 2.99. The van der Waals surface area contributed by atoms with E-state index in [-0.39, 0.29) is 35.5 Å². The molecule has 0 fully saturated rings. The molecule has 7 nitrogen and oxygen atoms in total. The number of hydrogen-bond acceptors (Lipinski definition) is 5. The smallest absolute Gasteiger partial charge is 0.278 e. The molecule has 0 saturated heterocycles. The number of hydrogen-bond donors (Lipinski definition) is 3. The summed E-state index contributed by atoms with van der Waals surface area (Å²) in [5.74, 6) is -3.01. The highest BCUT2D eigenvalue weighted by molar-refractivity contribution is 6.02. The Labute approximate surface area is 158 Å². The monoisotopic (exact) mass is 391 g/mol. The number of alkyl halides is 2. The van der Waals surface area contributed by atoms with Gasteiger partial charge in [-0.15, -0.1) is 0 Å². The van der Waals surface area contributed by atoms with Gasteiger partial charge in [-0.1, -0.05) is 0 Å². The van der Waals surface area contributed by atoms with Crippen molar-refractivity contribution in [1.82, 2.24) is 4.98 Å². The summed E-state index contributed by atoms with van der Waals surface area (Å²) in [6.07, 6.45) is -1.95. The number of amidine groups is 1. The van der Waals surface area contributed by atoms with Crippen LogP contribution in [0.3, 0.4) is 0 Å². The molecule has 0 radical (unpaired) electrons. The molecule has 0 unspecified atom stereocenters. The van der Waals surface area contributed by atoms with Crippen molar-refractivity contribution < 1.29 is 22.7 Å². The Morgan fingerprint density at radius 3 is 2.68 bits per heavy atom. The summed E-state index contributed by atoms with van der Waals surface area (Å²) in [4.78, 5) is 16.0. The molecule has 1 aromatic heterocycles. The van der Waals surface area contributed by atoms with Crippen molar-refractivity contribution in [3.63, 3.8) is 0 Å². The molecule has 0 aliphatic heterocycles. The first-order valence-corrected chi connectivity index (χ1v) is 8.03. The van der Waals surface area contributed by atoms with Gasteiger partial charge in [0.1, 0.15) is 17.6 Å². The molecule has 0 aliphatic carbocycles. The largest absolute Gasteiger partial charge is 0.466 e. The van der Waals surface area contributed by atoms with Crippen LogP contribution in [0.1, 0.15) is 34.0 Å². The second-order valence-electron chi connectivity index (χ2n) is 5.68.